The third-order valence-electron chi connectivity index (χ3n) is 9.99. The first-order valence-corrected chi connectivity index (χ1v) is 16.0. The van der Waals surface area contributed by atoms with Crippen molar-refractivity contribution in [1.82, 2.24) is 19.9 Å². The average Bonchev–Trinajstić information content (AvgIpc) is 3.94. The molecule has 0 amide bonds. The molecule has 4 aliphatic rings. The minimum atomic E-state index is -6.04. The molecule has 0 saturated heterocycles. The molecule has 0 saturated carbocycles. The van der Waals surface area contributed by atoms with Crippen molar-refractivity contribution in [3.05, 3.63) is 118 Å². The van der Waals surface area contributed by atoms with E-state index in [1.165, 1.54) is 54.6 Å². The maximum atomic E-state index is 16.0. The SMILES string of the molecule is FC1(F)c2cc3[nH]c2c(c2nc(c(-c4ccccc4)c4nc(c5c6[nH]c(cc6C(F)(F)C(F)(F)C5(F)F)c3-c3ccccc3)C=C4)C=C2)C(F)(F)C1(F)F. The summed E-state index contributed by atoms with van der Waals surface area (Å²) in [4.78, 5) is 13.0. The molecule has 5 heterocycles. The predicted octanol–water partition coefficient (Wildman–Crippen LogP) is 11.7. The van der Waals surface area contributed by atoms with E-state index in [1.807, 2.05) is 0 Å². The van der Waals surface area contributed by atoms with Gasteiger partial charge in [-0.3, -0.25) is 0 Å². The summed E-state index contributed by atoms with van der Waals surface area (Å²) in [5.74, 6) is -34.3. The van der Waals surface area contributed by atoms with Crippen LogP contribution in [-0.4, -0.2) is 31.8 Å². The molecule has 2 aliphatic heterocycles. The minimum absolute atomic E-state index is 0.0628. The number of rotatable bonds is 2. The number of aromatic nitrogens is 4. The van der Waals surface area contributed by atoms with Crippen molar-refractivity contribution in [2.45, 2.75) is 35.5 Å². The molecule has 8 bridgehead atoms. The topological polar surface area (TPSA) is 57.4 Å². The number of aromatic amines is 2. The highest BCUT2D eigenvalue weighted by atomic mass is 19.4. The Morgan fingerprint density at radius 2 is 0.759 bits per heavy atom. The lowest BCUT2D eigenvalue weighted by Crippen LogP contribution is -2.53. The fourth-order valence-electron chi connectivity index (χ4n) is 7.38. The van der Waals surface area contributed by atoms with Gasteiger partial charge in [-0.1, -0.05) is 60.7 Å². The molecule has 0 spiro atoms. The number of benzene rings is 2. The molecule has 0 atom stereocenters. The standard InChI is InChI=1S/C38H18F12N4/c39-33(40)19-15-25-28(18-9-5-2-6-10-18)26-16-20-32(54-26)30(36(45,46)38(49,50)34(20,41)42)24-14-12-22(52-24)27(17-7-3-1-4-8-17)21-11-13-23(51-21)29(31(19)53-25)35(43,44)37(33,47)48/h1-16,53-54H. The molecule has 54 heavy (non-hydrogen) atoms. The van der Waals surface area contributed by atoms with Gasteiger partial charge in [0.25, 0.3) is 0 Å². The Morgan fingerprint density at radius 1 is 0.407 bits per heavy atom. The van der Waals surface area contributed by atoms with Crippen LogP contribution < -0.4 is 0 Å². The first-order chi connectivity index (χ1) is 25.3. The van der Waals surface area contributed by atoms with E-state index in [1.54, 1.807) is 6.07 Å². The van der Waals surface area contributed by atoms with Crippen molar-refractivity contribution in [2.75, 3.05) is 0 Å². The van der Waals surface area contributed by atoms with Crippen LogP contribution in [0.1, 0.15) is 45.0 Å². The molecule has 0 radical (unpaired) electrons. The number of H-pyrrole nitrogens is 2. The van der Waals surface area contributed by atoms with Crippen molar-refractivity contribution in [1.29, 1.82) is 0 Å². The van der Waals surface area contributed by atoms with Gasteiger partial charge in [-0.15, -0.1) is 0 Å². The maximum absolute atomic E-state index is 16.0. The van der Waals surface area contributed by atoms with E-state index in [4.69, 9.17) is 0 Å². The van der Waals surface area contributed by atoms with Crippen LogP contribution in [0.5, 0.6) is 0 Å². The van der Waals surface area contributed by atoms with Crippen LogP contribution in [0.2, 0.25) is 0 Å². The Bertz CT molecular complexity index is 2530. The number of alkyl halides is 12. The second-order valence-corrected chi connectivity index (χ2v) is 13.1. The van der Waals surface area contributed by atoms with Gasteiger partial charge >= 0.3 is 35.5 Å². The second-order valence-electron chi connectivity index (χ2n) is 13.1. The number of hydrogen-bond acceptors (Lipinski definition) is 2. The lowest BCUT2D eigenvalue weighted by Gasteiger charge is -2.36. The van der Waals surface area contributed by atoms with Crippen LogP contribution in [-0.2, 0) is 23.7 Å². The summed E-state index contributed by atoms with van der Waals surface area (Å²) in [5.41, 5.74) is -12.9. The highest BCUT2D eigenvalue weighted by molar-refractivity contribution is 5.98. The van der Waals surface area contributed by atoms with E-state index in [0.717, 1.165) is 24.3 Å². The Morgan fingerprint density at radius 3 is 1.15 bits per heavy atom. The summed E-state index contributed by atoms with van der Waals surface area (Å²) in [5, 5.41) is 0. The van der Waals surface area contributed by atoms with Crippen molar-refractivity contribution < 1.29 is 52.7 Å². The summed E-state index contributed by atoms with van der Waals surface area (Å²) in [7, 11) is 0. The molecule has 5 aromatic rings. The second kappa shape index (κ2) is 10.4. The Hall–Kier alpha value is -5.80. The fourth-order valence-corrected chi connectivity index (χ4v) is 7.38. The lowest BCUT2D eigenvalue weighted by atomic mass is 9.85. The van der Waals surface area contributed by atoms with Gasteiger partial charge in [-0.25, -0.2) is 9.97 Å². The van der Waals surface area contributed by atoms with Crippen LogP contribution in [0.4, 0.5) is 52.7 Å². The fraction of sp³-hybridized carbons (Fsp3) is 0.158. The van der Waals surface area contributed by atoms with Gasteiger partial charge in [0.15, 0.2) is 0 Å². The van der Waals surface area contributed by atoms with Crippen molar-refractivity contribution in [3.63, 3.8) is 0 Å². The number of hydrogen-bond donors (Lipinski definition) is 2. The van der Waals surface area contributed by atoms with Crippen LogP contribution >= 0.6 is 0 Å². The third kappa shape index (κ3) is 4.07. The van der Waals surface area contributed by atoms with Gasteiger partial charge in [0, 0.05) is 22.2 Å². The van der Waals surface area contributed by atoms with Crippen LogP contribution in [0.25, 0.3) is 68.6 Å². The lowest BCUT2D eigenvalue weighted by molar-refractivity contribution is -0.323. The van der Waals surface area contributed by atoms with E-state index in [9.17, 15) is 0 Å². The molecule has 16 heteroatoms. The highest BCUT2D eigenvalue weighted by Crippen LogP contribution is 2.63. The molecule has 4 nitrogen and oxygen atoms in total. The maximum Gasteiger partial charge on any atom is 0.380 e. The van der Waals surface area contributed by atoms with E-state index >= 15 is 52.7 Å². The van der Waals surface area contributed by atoms with Crippen molar-refractivity contribution in [2.24, 2.45) is 0 Å². The zero-order valence-corrected chi connectivity index (χ0v) is 26.7. The highest BCUT2D eigenvalue weighted by Gasteiger charge is 2.78. The zero-order valence-electron chi connectivity index (χ0n) is 26.7. The van der Waals surface area contributed by atoms with Crippen molar-refractivity contribution in [3.8, 4) is 22.3 Å². The van der Waals surface area contributed by atoms with Gasteiger partial charge in [0.1, 0.15) is 0 Å². The number of nitrogens with one attached hydrogen (secondary N) is 2. The van der Waals surface area contributed by atoms with Crippen molar-refractivity contribution >= 4 is 46.4 Å². The molecule has 274 valence electrons. The Labute approximate surface area is 294 Å². The molecule has 2 N–H and O–H groups in total. The average molecular weight is 759 g/mol. The summed E-state index contributed by atoms with van der Waals surface area (Å²) in [6.45, 7) is 0. The number of halogens is 12. The third-order valence-corrected chi connectivity index (χ3v) is 9.99. The first-order valence-electron chi connectivity index (χ1n) is 16.0. The van der Waals surface area contributed by atoms with Crippen LogP contribution in [0.3, 0.4) is 0 Å². The van der Waals surface area contributed by atoms with Gasteiger partial charge in [0.05, 0.1) is 56.1 Å². The van der Waals surface area contributed by atoms with Gasteiger partial charge in [-0.2, -0.15) is 52.7 Å². The molecule has 3 aromatic heterocycles. The van der Waals surface area contributed by atoms with Crippen LogP contribution in [0.15, 0.2) is 72.8 Å². The summed E-state index contributed by atoms with van der Waals surface area (Å²) in [6, 6.07) is 15.1. The van der Waals surface area contributed by atoms with E-state index in [0.29, 0.717) is 12.1 Å². The Kier molecular flexibility index (Phi) is 6.58. The monoisotopic (exact) mass is 758 g/mol. The predicted molar refractivity (Wildman–Crippen MR) is 175 cm³/mol. The summed E-state index contributed by atoms with van der Waals surface area (Å²) >= 11 is 0. The summed E-state index contributed by atoms with van der Waals surface area (Å²) in [6.07, 6.45) is 3.92. The van der Waals surface area contributed by atoms with E-state index < -0.39 is 96.8 Å². The molecule has 0 fully saturated rings. The number of fused-ring (bicyclic) bond motifs is 8. The minimum Gasteiger partial charge on any atom is -0.354 e. The molecule has 2 aromatic carbocycles. The smallest absolute Gasteiger partial charge is 0.354 e. The van der Waals surface area contributed by atoms with Gasteiger partial charge < -0.3 is 9.97 Å². The first kappa shape index (κ1) is 34.0. The van der Waals surface area contributed by atoms with E-state index in [-0.39, 0.29) is 28.1 Å². The summed E-state index contributed by atoms with van der Waals surface area (Å²) < 4.78 is 188. The molecule has 2 aliphatic carbocycles. The zero-order chi connectivity index (χ0) is 38.4. The molecular weight excluding hydrogens is 740 g/mol. The largest absolute Gasteiger partial charge is 0.380 e. The van der Waals surface area contributed by atoms with Gasteiger partial charge in [-0.05, 0) is 47.6 Å². The normalized spacial score (nSPS) is 20.2. The Balaban J connectivity index is 1.59. The quantitative estimate of drug-likeness (QED) is 0.173. The van der Waals surface area contributed by atoms with Crippen LogP contribution in [0, 0.1) is 0 Å². The molecular formula is C38H18F12N4. The molecule has 0 unspecified atom stereocenters. The van der Waals surface area contributed by atoms with Gasteiger partial charge in [0.2, 0.25) is 0 Å². The molecule has 9 rings (SSSR count). The van der Waals surface area contributed by atoms with E-state index in [2.05, 4.69) is 19.9 Å². The number of nitrogens with zero attached hydrogens (tertiary/aromatic N) is 2.